The lowest BCUT2D eigenvalue weighted by Crippen LogP contribution is -2.29. The lowest BCUT2D eigenvalue weighted by atomic mass is 10.1. The molecule has 40 heavy (non-hydrogen) atoms. The van der Waals surface area contributed by atoms with E-state index in [1.165, 1.54) is 4.90 Å². The zero-order valence-corrected chi connectivity index (χ0v) is 22.4. The second-order valence-corrected chi connectivity index (χ2v) is 8.92. The number of amidine groups is 1. The first-order valence-electron chi connectivity index (χ1n) is 13.1. The van der Waals surface area contributed by atoms with Gasteiger partial charge in [-0.05, 0) is 86.2 Å². The molecule has 1 heterocycles. The van der Waals surface area contributed by atoms with Gasteiger partial charge in [-0.2, -0.15) is 4.99 Å². The number of aliphatic imine (C=N–C) groups is 1. The molecule has 0 aromatic heterocycles. The van der Waals surface area contributed by atoms with Crippen molar-refractivity contribution in [3.05, 3.63) is 126 Å². The van der Waals surface area contributed by atoms with E-state index in [0.29, 0.717) is 24.4 Å². The maximum absolute atomic E-state index is 13.1. The first-order valence-corrected chi connectivity index (χ1v) is 13.1. The van der Waals surface area contributed by atoms with E-state index in [4.69, 9.17) is 9.47 Å². The Morgan fingerprint density at radius 3 is 1.95 bits per heavy atom. The number of carbonyl (C=O) groups excluding carboxylic acids is 2. The third kappa shape index (κ3) is 5.78. The van der Waals surface area contributed by atoms with E-state index >= 15 is 0 Å². The Labute approximate surface area is 233 Å². The highest BCUT2D eigenvalue weighted by molar-refractivity contribution is 6.11. The minimum atomic E-state index is -0.393. The first kappa shape index (κ1) is 26.4. The van der Waals surface area contributed by atoms with Crippen molar-refractivity contribution in [3.8, 4) is 0 Å². The zero-order valence-electron chi connectivity index (χ0n) is 22.4. The van der Waals surface area contributed by atoms with Gasteiger partial charge in [-0.25, -0.2) is 4.79 Å². The Hall–Kier alpha value is -5.17. The molecule has 4 aromatic rings. The van der Waals surface area contributed by atoms with Gasteiger partial charge in [-0.15, -0.1) is 0 Å². The van der Waals surface area contributed by atoms with Crippen LogP contribution in [-0.2, 0) is 14.3 Å². The standard InChI is InChI=1S/C33H29N3O4/c1-3-35-31(37)30(40-33(35)34-26-19-17-25(18-20-26)32(38)39-4-2)23-24-15-21-29(22-16-24)36(27-11-7-5-8-12-27)28-13-9-6-10-14-28/h5-23H,3-4H2,1-2H3. The molecule has 1 aliphatic heterocycles. The van der Waals surface area contributed by atoms with Crippen LogP contribution in [0.25, 0.3) is 6.08 Å². The number of anilines is 3. The van der Waals surface area contributed by atoms with E-state index in [0.717, 1.165) is 22.6 Å². The van der Waals surface area contributed by atoms with Gasteiger partial charge < -0.3 is 14.4 Å². The summed E-state index contributed by atoms with van der Waals surface area (Å²) in [4.78, 5) is 33.2. The van der Waals surface area contributed by atoms with Crippen molar-refractivity contribution in [2.45, 2.75) is 13.8 Å². The molecular formula is C33H29N3O4. The Morgan fingerprint density at radius 1 is 0.825 bits per heavy atom. The molecule has 1 saturated heterocycles. The quantitative estimate of drug-likeness (QED) is 0.177. The number of likely N-dealkylation sites (N-methyl/N-ethyl adjacent to an activating group) is 1. The van der Waals surface area contributed by atoms with Gasteiger partial charge in [0.05, 0.1) is 17.9 Å². The SMILES string of the molecule is CCOC(=O)c1ccc(N=C2OC(=Cc3ccc(N(c4ccccc4)c4ccccc4)cc3)C(=O)N2CC)cc1. The maximum Gasteiger partial charge on any atom is 0.338 e. The number of hydrogen-bond acceptors (Lipinski definition) is 6. The van der Waals surface area contributed by atoms with E-state index in [-0.39, 0.29) is 17.7 Å². The van der Waals surface area contributed by atoms with Crippen molar-refractivity contribution in [1.29, 1.82) is 0 Å². The Morgan fingerprint density at radius 2 is 1.40 bits per heavy atom. The molecule has 7 nitrogen and oxygen atoms in total. The maximum atomic E-state index is 13.1. The summed E-state index contributed by atoms with van der Waals surface area (Å²) in [5.74, 6) is -0.459. The average Bonchev–Trinajstić information content (AvgIpc) is 3.28. The highest BCUT2D eigenvalue weighted by atomic mass is 16.5. The Bertz CT molecular complexity index is 1490. The normalized spacial score (nSPS) is 14.8. The summed E-state index contributed by atoms with van der Waals surface area (Å²) < 4.78 is 10.9. The van der Waals surface area contributed by atoms with Crippen molar-refractivity contribution in [2.75, 3.05) is 18.1 Å². The third-order valence-electron chi connectivity index (χ3n) is 6.29. The van der Waals surface area contributed by atoms with Gasteiger partial charge in [0.25, 0.3) is 5.91 Å². The number of para-hydroxylation sites is 2. The highest BCUT2D eigenvalue weighted by Gasteiger charge is 2.33. The van der Waals surface area contributed by atoms with Crippen molar-refractivity contribution in [2.24, 2.45) is 4.99 Å². The second kappa shape index (κ2) is 12.1. The fraction of sp³-hybridized carbons (Fsp3) is 0.121. The van der Waals surface area contributed by atoms with Crippen LogP contribution in [0.4, 0.5) is 22.7 Å². The van der Waals surface area contributed by atoms with Crippen LogP contribution < -0.4 is 4.90 Å². The molecule has 1 amide bonds. The molecule has 0 spiro atoms. The molecular weight excluding hydrogens is 502 g/mol. The number of amides is 1. The van der Waals surface area contributed by atoms with Crippen LogP contribution in [0.1, 0.15) is 29.8 Å². The highest BCUT2D eigenvalue weighted by Crippen LogP contribution is 2.34. The average molecular weight is 532 g/mol. The summed E-state index contributed by atoms with van der Waals surface area (Å²) >= 11 is 0. The van der Waals surface area contributed by atoms with Crippen molar-refractivity contribution in [3.63, 3.8) is 0 Å². The first-order chi connectivity index (χ1) is 19.6. The molecule has 200 valence electrons. The van der Waals surface area contributed by atoms with Gasteiger partial charge in [0, 0.05) is 23.6 Å². The zero-order chi connectivity index (χ0) is 27.9. The van der Waals surface area contributed by atoms with Crippen LogP contribution in [0.2, 0.25) is 0 Å². The van der Waals surface area contributed by atoms with Gasteiger partial charge in [0.2, 0.25) is 0 Å². The second-order valence-electron chi connectivity index (χ2n) is 8.92. The molecule has 0 radical (unpaired) electrons. The summed E-state index contributed by atoms with van der Waals surface area (Å²) in [6.45, 7) is 4.33. The van der Waals surface area contributed by atoms with Gasteiger partial charge in [0.15, 0.2) is 5.76 Å². The number of rotatable bonds is 8. The number of nitrogens with zero attached hydrogens (tertiary/aromatic N) is 3. The summed E-state index contributed by atoms with van der Waals surface area (Å²) in [6, 6.07) is 35.1. The van der Waals surface area contributed by atoms with Crippen LogP contribution in [0.3, 0.4) is 0 Å². The van der Waals surface area contributed by atoms with E-state index < -0.39 is 5.97 Å². The molecule has 4 aromatic carbocycles. The number of esters is 1. The van der Waals surface area contributed by atoms with Crippen LogP contribution in [0.5, 0.6) is 0 Å². The molecule has 0 saturated carbocycles. The van der Waals surface area contributed by atoms with Crippen molar-refractivity contribution >= 4 is 46.7 Å². The number of benzene rings is 4. The lowest BCUT2D eigenvalue weighted by molar-refractivity contribution is -0.122. The van der Waals surface area contributed by atoms with E-state index in [9.17, 15) is 9.59 Å². The number of hydrogen-bond donors (Lipinski definition) is 0. The van der Waals surface area contributed by atoms with E-state index in [1.807, 2.05) is 67.6 Å². The number of carbonyl (C=O) groups is 2. The summed E-state index contributed by atoms with van der Waals surface area (Å²) in [5, 5.41) is 0. The molecule has 0 unspecified atom stereocenters. The van der Waals surface area contributed by atoms with Crippen molar-refractivity contribution < 1.29 is 19.1 Å². The molecule has 1 fully saturated rings. The van der Waals surface area contributed by atoms with Crippen LogP contribution >= 0.6 is 0 Å². The molecule has 1 aliphatic rings. The fourth-order valence-electron chi connectivity index (χ4n) is 4.34. The van der Waals surface area contributed by atoms with Gasteiger partial charge in [-0.1, -0.05) is 48.5 Å². The summed E-state index contributed by atoms with van der Waals surface area (Å²) in [5.41, 5.74) is 4.89. The van der Waals surface area contributed by atoms with E-state index in [1.54, 1.807) is 37.3 Å². The molecule has 0 bridgehead atoms. The molecule has 0 atom stereocenters. The minimum absolute atomic E-state index is 0.193. The fourth-order valence-corrected chi connectivity index (χ4v) is 4.34. The predicted octanol–water partition coefficient (Wildman–Crippen LogP) is 7.24. The van der Waals surface area contributed by atoms with Crippen molar-refractivity contribution in [1.82, 2.24) is 4.90 Å². The smallest absolute Gasteiger partial charge is 0.338 e. The Balaban J connectivity index is 1.38. The molecule has 5 rings (SSSR count). The van der Waals surface area contributed by atoms with Gasteiger partial charge >= 0.3 is 12.0 Å². The lowest BCUT2D eigenvalue weighted by Gasteiger charge is -2.25. The number of ether oxygens (including phenoxy) is 2. The van der Waals surface area contributed by atoms with Gasteiger partial charge in [0.1, 0.15) is 0 Å². The summed E-state index contributed by atoms with van der Waals surface area (Å²) in [6.07, 6.45) is 1.72. The monoisotopic (exact) mass is 531 g/mol. The van der Waals surface area contributed by atoms with Crippen LogP contribution in [-0.4, -0.2) is 35.9 Å². The Kier molecular flexibility index (Phi) is 8.02. The third-order valence-corrected chi connectivity index (χ3v) is 6.29. The predicted molar refractivity (Wildman–Crippen MR) is 157 cm³/mol. The summed E-state index contributed by atoms with van der Waals surface area (Å²) in [7, 11) is 0. The molecule has 7 heteroatoms. The van der Waals surface area contributed by atoms with Crippen LogP contribution in [0.15, 0.2) is 120 Å². The topological polar surface area (TPSA) is 71.4 Å². The molecule has 0 N–H and O–H groups in total. The van der Waals surface area contributed by atoms with Crippen LogP contribution in [0, 0.1) is 0 Å². The largest absolute Gasteiger partial charge is 0.462 e. The minimum Gasteiger partial charge on any atom is -0.462 e. The van der Waals surface area contributed by atoms with E-state index in [2.05, 4.69) is 34.2 Å². The van der Waals surface area contributed by atoms with Gasteiger partial charge in [-0.3, -0.25) is 9.69 Å². The molecule has 0 aliphatic carbocycles.